The third-order valence-corrected chi connectivity index (χ3v) is 2.74. The highest BCUT2D eigenvalue weighted by Crippen LogP contribution is 2.28. The molecule has 0 saturated heterocycles. The molecule has 0 aliphatic carbocycles. The van der Waals surface area contributed by atoms with Crippen molar-refractivity contribution in [2.45, 2.75) is 0 Å². The molecule has 0 aliphatic rings. The van der Waals surface area contributed by atoms with Gasteiger partial charge in [-0.15, -0.1) is 0 Å². The number of benzene rings is 2. The van der Waals surface area contributed by atoms with Crippen LogP contribution in [0.1, 0.15) is 0 Å². The summed E-state index contributed by atoms with van der Waals surface area (Å²) in [7, 11) is 0. The van der Waals surface area contributed by atoms with E-state index in [-0.39, 0.29) is 5.82 Å². The van der Waals surface area contributed by atoms with Crippen molar-refractivity contribution in [3.05, 3.63) is 58.3 Å². The van der Waals surface area contributed by atoms with Crippen LogP contribution in [-0.4, -0.2) is 0 Å². The maximum atomic E-state index is 12.7. The van der Waals surface area contributed by atoms with Gasteiger partial charge in [0.1, 0.15) is 5.82 Å². The smallest absolute Gasteiger partial charge is 0.123 e. The van der Waals surface area contributed by atoms with Crippen LogP contribution in [0.5, 0.6) is 0 Å². The van der Waals surface area contributed by atoms with Crippen LogP contribution in [0.4, 0.5) is 4.39 Å². The highest BCUT2D eigenvalue weighted by molar-refractivity contribution is 6.42. The van der Waals surface area contributed by atoms with E-state index in [4.69, 9.17) is 23.2 Å². The monoisotopic (exact) mass is 239 g/mol. The molecule has 0 N–H and O–H groups in total. The molecule has 0 aliphatic heterocycles. The zero-order valence-corrected chi connectivity index (χ0v) is 9.11. The molecule has 0 bridgehead atoms. The lowest BCUT2D eigenvalue weighted by molar-refractivity contribution is 0.628. The van der Waals surface area contributed by atoms with Crippen molar-refractivity contribution >= 4 is 23.2 Å². The van der Waals surface area contributed by atoms with Crippen molar-refractivity contribution in [2.75, 3.05) is 0 Å². The fourth-order valence-electron chi connectivity index (χ4n) is 1.25. The van der Waals surface area contributed by atoms with Gasteiger partial charge in [-0.05, 0) is 41.5 Å². The van der Waals surface area contributed by atoms with Crippen molar-refractivity contribution < 1.29 is 4.39 Å². The van der Waals surface area contributed by atoms with Crippen molar-refractivity contribution in [2.24, 2.45) is 0 Å². The summed E-state index contributed by atoms with van der Waals surface area (Å²) < 4.78 is 12.7. The van der Waals surface area contributed by atoms with Crippen molar-refractivity contribution in [3.8, 4) is 11.1 Å². The van der Waals surface area contributed by atoms with Crippen LogP contribution in [0.3, 0.4) is 0 Å². The first-order valence-corrected chi connectivity index (χ1v) is 5.05. The van der Waals surface area contributed by atoms with Gasteiger partial charge in [-0.1, -0.05) is 35.3 Å². The van der Waals surface area contributed by atoms with E-state index in [1.165, 1.54) is 12.1 Å². The number of hydrogen-bond acceptors (Lipinski definition) is 0. The van der Waals surface area contributed by atoms with Gasteiger partial charge in [0.15, 0.2) is 0 Å². The second kappa shape index (κ2) is 4.21. The third kappa shape index (κ3) is 2.31. The fourth-order valence-corrected chi connectivity index (χ4v) is 1.55. The molecule has 0 nitrogen and oxygen atoms in total. The molecule has 2 aromatic rings. The van der Waals surface area contributed by atoms with E-state index in [1.54, 1.807) is 18.2 Å². The molecule has 0 spiro atoms. The zero-order chi connectivity index (χ0) is 10.8. The fraction of sp³-hybridized carbons (Fsp3) is 0. The van der Waals surface area contributed by atoms with Gasteiger partial charge in [0, 0.05) is 0 Å². The highest BCUT2D eigenvalue weighted by atomic mass is 35.5. The molecule has 0 heterocycles. The molecule has 75 valence electrons. The molecule has 0 atom stereocenters. The maximum Gasteiger partial charge on any atom is 0.123 e. The lowest BCUT2D eigenvalue weighted by Gasteiger charge is -2.02. The van der Waals surface area contributed by atoms with Crippen LogP contribution in [0.15, 0.2) is 36.4 Å². The normalized spacial score (nSPS) is 10.3. The Balaban J connectivity index is 2.45. The first-order chi connectivity index (χ1) is 7.16. The van der Waals surface area contributed by atoms with Crippen LogP contribution < -0.4 is 0 Å². The zero-order valence-electron chi connectivity index (χ0n) is 7.60. The Labute approximate surface area is 97.3 Å². The van der Waals surface area contributed by atoms with Gasteiger partial charge in [-0.3, -0.25) is 0 Å². The minimum absolute atomic E-state index is 0.307. The van der Waals surface area contributed by atoms with Gasteiger partial charge in [0.25, 0.3) is 0 Å². The SMILES string of the molecule is Fc1c[c]c(-c2ccc(Cl)c(Cl)c2)cc1. The summed E-state index contributed by atoms with van der Waals surface area (Å²) in [6.07, 6.45) is 0. The second-order valence-electron chi connectivity index (χ2n) is 3.05. The van der Waals surface area contributed by atoms with Crippen LogP contribution in [0, 0.1) is 11.9 Å². The summed E-state index contributed by atoms with van der Waals surface area (Å²) in [4.78, 5) is 0. The van der Waals surface area contributed by atoms with Gasteiger partial charge >= 0.3 is 0 Å². The average molecular weight is 240 g/mol. The number of halogens is 3. The van der Waals surface area contributed by atoms with Crippen LogP contribution in [-0.2, 0) is 0 Å². The summed E-state index contributed by atoms with van der Waals surface area (Å²) in [6.45, 7) is 0. The molecule has 0 amide bonds. The summed E-state index contributed by atoms with van der Waals surface area (Å²) in [5, 5.41) is 0.981. The second-order valence-corrected chi connectivity index (χ2v) is 3.86. The molecule has 15 heavy (non-hydrogen) atoms. The minimum Gasteiger partial charge on any atom is -0.207 e. The van der Waals surface area contributed by atoms with E-state index in [9.17, 15) is 4.39 Å². The predicted octanol–water partition coefficient (Wildman–Crippen LogP) is 4.60. The topological polar surface area (TPSA) is 0 Å². The highest BCUT2D eigenvalue weighted by Gasteiger charge is 2.02. The molecule has 3 heteroatoms. The first-order valence-electron chi connectivity index (χ1n) is 4.29. The van der Waals surface area contributed by atoms with E-state index >= 15 is 0 Å². The van der Waals surface area contributed by atoms with Gasteiger partial charge < -0.3 is 0 Å². The molecule has 2 aromatic carbocycles. The van der Waals surface area contributed by atoms with E-state index in [2.05, 4.69) is 6.07 Å². The Morgan fingerprint density at radius 2 is 1.80 bits per heavy atom. The quantitative estimate of drug-likeness (QED) is 0.683. The van der Waals surface area contributed by atoms with Crippen molar-refractivity contribution in [1.29, 1.82) is 0 Å². The number of hydrogen-bond donors (Lipinski definition) is 0. The Hall–Kier alpha value is -1.05. The van der Waals surface area contributed by atoms with Gasteiger partial charge in [-0.25, -0.2) is 4.39 Å². The maximum absolute atomic E-state index is 12.7. The molecular formula is C12H6Cl2F. The molecule has 0 aromatic heterocycles. The van der Waals surface area contributed by atoms with Gasteiger partial charge in [-0.2, -0.15) is 0 Å². The lowest BCUT2D eigenvalue weighted by atomic mass is 10.1. The van der Waals surface area contributed by atoms with E-state index < -0.39 is 0 Å². The molecule has 0 fully saturated rings. The summed E-state index contributed by atoms with van der Waals surface area (Å²) in [5.74, 6) is -0.307. The standard InChI is InChI=1S/C12H6Cl2F/c13-11-6-3-9(7-12(11)14)8-1-4-10(15)5-2-8/h1,3-7H. The van der Waals surface area contributed by atoms with Crippen molar-refractivity contribution in [3.63, 3.8) is 0 Å². The lowest BCUT2D eigenvalue weighted by Crippen LogP contribution is -1.80. The van der Waals surface area contributed by atoms with Crippen LogP contribution >= 0.6 is 23.2 Å². The largest absolute Gasteiger partial charge is 0.207 e. The Morgan fingerprint density at radius 3 is 2.40 bits per heavy atom. The van der Waals surface area contributed by atoms with Gasteiger partial charge in [0.2, 0.25) is 0 Å². The van der Waals surface area contributed by atoms with E-state index in [0.29, 0.717) is 10.0 Å². The molecule has 0 unspecified atom stereocenters. The molecule has 2 rings (SSSR count). The molecular weight excluding hydrogens is 234 g/mol. The first kappa shape index (κ1) is 10.5. The summed E-state index contributed by atoms with van der Waals surface area (Å²) in [5.41, 5.74) is 1.65. The Morgan fingerprint density at radius 1 is 1.00 bits per heavy atom. The Kier molecular flexibility index (Phi) is 2.94. The number of rotatable bonds is 1. The van der Waals surface area contributed by atoms with Crippen LogP contribution in [0.25, 0.3) is 11.1 Å². The van der Waals surface area contributed by atoms with E-state index in [1.807, 2.05) is 6.07 Å². The Bertz CT molecular complexity index is 477. The minimum atomic E-state index is -0.307. The molecule has 1 radical (unpaired) electrons. The van der Waals surface area contributed by atoms with Crippen molar-refractivity contribution in [1.82, 2.24) is 0 Å². The predicted molar refractivity (Wildman–Crippen MR) is 60.7 cm³/mol. The summed E-state index contributed by atoms with van der Waals surface area (Å²) >= 11 is 11.7. The third-order valence-electron chi connectivity index (χ3n) is 2.01. The van der Waals surface area contributed by atoms with Crippen LogP contribution in [0.2, 0.25) is 10.0 Å². The molecule has 0 saturated carbocycles. The van der Waals surface area contributed by atoms with Gasteiger partial charge in [0.05, 0.1) is 10.0 Å². The summed E-state index contributed by atoms with van der Waals surface area (Å²) in [6, 6.07) is 12.4. The average Bonchev–Trinajstić information content (AvgIpc) is 2.23. The van der Waals surface area contributed by atoms with E-state index in [0.717, 1.165) is 11.1 Å².